The van der Waals surface area contributed by atoms with Crippen LogP contribution in [0.4, 0.5) is 0 Å². The quantitative estimate of drug-likeness (QED) is 0.682. The summed E-state index contributed by atoms with van der Waals surface area (Å²) in [7, 11) is 0. The second-order valence-corrected chi connectivity index (χ2v) is 7.54. The van der Waals surface area contributed by atoms with Crippen molar-refractivity contribution in [1.29, 1.82) is 0 Å². The van der Waals surface area contributed by atoms with Gasteiger partial charge in [-0.3, -0.25) is 19.5 Å². The molecule has 0 unspecified atom stereocenters. The van der Waals surface area contributed by atoms with Gasteiger partial charge in [0.25, 0.3) is 5.56 Å². The summed E-state index contributed by atoms with van der Waals surface area (Å²) in [6.07, 6.45) is 2.20. The molecular formula is C24H22N2O3. The zero-order valence-electron chi connectivity index (χ0n) is 16.4. The van der Waals surface area contributed by atoms with E-state index in [4.69, 9.17) is 0 Å². The van der Waals surface area contributed by atoms with E-state index in [9.17, 15) is 14.4 Å². The van der Waals surface area contributed by atoms with Crippen molar-refractivity contribution in [3.05, 3.63) is 93.9 Å². The number of allylic oxidation sites excluding steroid dienone is 2. The number of H-pyrrole nitrogens is 1. The molecule has 1 aliphatic carbocycles. The van der Waals surface area contributed by atoms with E-state index in [1.807, 2.05) is 67.6 Å². The minimum absolute atomic E-state index is 0.209. The van der Waals surface area contributed by atoms with E-state index in [1.165, 1.54) is 10.8 Å². The fourth-order valence-electron chi connectivity index (χ4n) is 3.90. The molecule has 5 nitrogen and oxygen atoms in total. The van der Waals surface area contributed by atoms with Crippen LogP contribution in [0, 0.1) is 5.41 Å². The Morgan fingerprint density at radius 3 is 2.17 bits per heavy atom. The fraction of sp³-hybridized carbons (Fsp3) is 0.208. The molecule has 1 aromatic heterocycles. The number of nitrogens with one attached hydrogen (secondary N) is 1. The summed E-state index contributed by atoms with van der Waals surface area (Å²) in [6, 6.07) is 18.7. The van der Waals surface area contributed by atoms with Crippen molar-refractivity contribution in [3.8, 4) is 5.69 Å². The highest BCUT2D eigenvalue weighted by molar-refractivity contribution is 6.39. The maximum atomic E-state index is 13.4. The average Bonchev–Trinajstić information content (AvgIpc) is 3.18. The number of Topliss-reactive ketones (excluding diaryl/α,β-unsaturated/α-hetero) is 1. The minimum Gasteiger partial charge on any atom is -0.294 e. The van der Waals surface area contributed by atoms with Crippen molar-refractivity contribution < 1.29 is 9.59 Å². The molecule has 5 heteroatoms. The average molecular weight is 386 g/mol. The van der Waals surface area contributed by atoms with E-state index in [0.29, 0.717) is 29.8 Å². The van der Waals surface area contributed by atoms with E-state index in [0.717, 1.165) is 5.56 Å². The molecule has 3 aromatic rings. The maximum absolute atomic E-state index is 13.4. The van der Waals surface area contributed by atoms with Crippen LogP contribution in [-0.4, -0.2) is 21.3 Å². The predicted octanol–water partition coefficient (Wildman–Crippen LogP) is 3.51. The van der Waals surface area contributed by atoms with Crippen molar-refractivity contribution in [3.63, 3.8) is 0 Å². The van der Waals surface area contributed by atoms with E-state index >= 15 is 0 Å². The molecule has 1 atom stereocenters. The van der Waals surface area contributed by atoms with Crippen molar-refractivity contribution in [1.82, 2.24) is 9.78 Å². The summed E-state index contributed by atoms with van der Waals surface area (Å²) in [6.45, 7) is 3.58. The third-order valence-corrected chi connectivity index (χ3v) is 5.57. The van der Waals surface area contributed by atoms with Gasteiger partial charge >= 0.3 is 0 Å². The summed E-state index contributed by atoms with van der Waals surface area (Å²) in [5.41, 5.74) is 1.25. The lowest BCUT2D eigenvalue weighted by molar-refractivity contribution is -0.131. The number of hydrogen-bond donors (Lipinski definition) is 1. The first-order valence-corrected chi connectivity index (χ1v) is 9.70. The highest BCUT2D eigenvalue weighted by Gasteiger charge is 2.47. The van der Waals surface area contributed by atoms with Gasteiger partial charge in [0.15, 0.2) is 11.6 Å². The molecule has 0 saturated heterocycles. The predicted molar refractivity (Wildman–Crippen MR) is 112 cm³/mol. The smallest absolute Gasteiger partial charge is 0.279 e. The zero-order chi connectivity index (χ0) is 20.6. The number of aromatic amines is 1. The van der Waals surface area contributed by atoms with Gasteiger partial charge in [-0.05, 0) is 43.5 Å². The monoisotopic (exact) mass is 386 g/mol. The fourth-order valence-corrected chi connectivity index (χ4v) is 3.90. The lowest BCUT2D eigenvalue weighted by atomic mass is 9.78. The number of aromatic nitrogens is 2. The number of rotatable bonds is 5. The maximum Gasteiger partial charge on any atom is 0.279 e. The van der Waals surface area contributed by atoms with Crippen LogP contribution in [0.3, 0.4) is 0 Å². The van der Waals surface area contributed by atoms with E-state index < -0.39 is 5.41 Å². The Morgan fingerprint density at radius 1 is 0.931 bits per heavy atom. The zero-order valence-corrected chi connectivity index (χ0v) is 16.4. The normalized spacial score (nSPS) is 18.9. The Balaban J connectivity index is 1.77. The Bertz CT molecular complexity index is 1170. The van der Waals surface area contributed by atoms with Gasteiger partial charge in [-0.2, -0.15) is 0 Å². The Kier molecular flexibility index (Phi) is 4.66. The summed E-state index contributed by atoms with van der Waals surface area (Å²) in [5, 5.41) is 3.11. The molecule has 0 saturated carbocycles. The Morgan fingerprint density at radius 2 is 1.55 bits per heavy atom. The van der Waals surface area contributed by atoms with Crippen molar-refractivity contribution in [2.24, 2.45) is 5.41 Å². The second-order valence-electron chi connectivity index (χ2n) is 7.54. The first-order valence-electron chi connectivity index (χ1n) is 9.70. The Labute approximate surface area is 168 Å². The minimum atomic E-state index is -1.19. The van der Waals surface area contributed by atoms with E-state index in [2.05, 4.69) is 5.10 Å². The number of para-hydroxylation sites is 1. The van der Waals surface area contributed by atoms with Gasteiger partial charge in [0.2, 0.25) is 0 Å². The molecule has 0 amide bonds. The van der Waals surface area contributed by atoms with Gasteiger partial charge in [0.05, 0.1) is 16.7 Å². The van der Waals surface area contributed by atoms with Gasteiger partial charge in [0.1, 0.15) is 0 Å². The van der Waals surface area contributed by atoms with E-state index in [1.54, 1.807) is 6.92 Å². The number of carbonyl (C=O) groups excluding carboxylic acids is 2. The third-order valence-electron chi connectivity index (χ3n) is 5.57. The molecule has 0 aliphatic heterocycles. The van der Waals surface area contributed by atoms with Crippen LogP contribution in [0.5, 0.6) is 0 Å². The van der Waals surface area contributed by atoms with Crippen LogP contribution in [0.25, 0.3) is 11.3 Å². The standard InChI is InChI=1S/C24H22N2O3/c1-3-19-21(23(29)26(25-19)17-12-8-5-9-13-17)18-14-20(27)24(2,22(18)28)15-16-10-6-4-7-11-16/h4-14,25H,3,15H2,1-2H3/t24-/m1/s1. The number of nitrogens with zero attached hydrogens (tertiary/aromatic N) is 1. The molecule has 0 radical (unpaired) electrons. The molecule has 0 bridgehead atoms. The molecule has 1 N–H and O–H groups in total. The molecule has 1 heterocycles. The highest BCUT2D eigenvalue weighted by atomic mass is 16.2. The molecule has 0 spiro atoms. The summed E-state index contributed by atoms with van der Waals surface area (Å²) in [4.78, 5) is 39.4. The first-order chi connectivity index (χ1) is 14.0. The van der Waals surface area contributed by atoms with Gasteiger partial charge < -0.3 is 0 Å². The SMILES string of the molecule is CCc1[nH]n(-c2ccccc2)c(=O)c1C1=CC(=O)[C@@](C)(Cc2ccccc2)C1=O. The van der Waals surface area contributed by atoms with Gasteiger partial charge in [-0.1, -0.05) is 55.5 Å². The highest BCUT2D eigenvalue weighted by Crippen LogP contribution is 2.38. The lowest BCUT2D eigenvalue weighted by Crippen LogP contribution is -2.34. The summed E-state index contributed by atoms with van der Waals surface area (Å²) in [5.74, 6) is -0.548. The van der Waals surface area contributed by atoms with Crippen LogP contribution >= 0.6 is 0 Å². The van der Waals surface area contributed by atoms with Crippen molar-refractivity contribution in [2.75, 3.05) is 0 Å². The molecule has 4 rings (SSSR count). The van der Waals surface area contributed by atoms with E-state index in [-0.39, 0.29) is 22.7 Å². The largest absolute Gasteiger partial charge is 0.294 e. The number of ketones is 2. The lowest BCUT2D eigenvalue weighted by Gasteiger charge is -2.21. The number of carbonyl (C=O) groups is 2. The summed E-state index contributed by atoms with van der Waals surface area (Å²) < 4.78 is 1.43. The molecular weight excluding hydrogens is 364 g/mol. The van der Waals surface area contributed by atoms with Gasteiger partial charge in [-0.25, -0.2) is 4.68 Å². The topological polar surface area (TPSA) is 71.9 Å². The number of aryl methyl sites for hydroxylation is 1. The van der Waals surface area contributed by atoms with Crippen LogP contribution in [0.1, 0.15) is 30.7 Å². The second kappa shape index (κ2) is 7.17. The third kappa shape index (κ3) is 3.09. The van der Waals surface area contributed by atoms with Crippen LogP contribution in [0.15, 0.2) is 71.5 Å². The molecule has 2 aromatic carbocycles. The van der Waals surface area contributed by atoms with Gasteiger partial charge in [0, 0.05) is 11.3 Å². The number of hydrogen-bond acceptors (Lipinski definition) is 3. The molecule has 0 fully saturated rings. The van der Waals surface area contributed by atoms with Crippen molar-refractivity contribution >= 4 is 17.1 Å². The summed E-state index contributed by atoms with van der Waals surface area (Å²) >= 11 is 0. The van der Waals surface area contributed by atoms with Crippen LogP contribution in [0.2, 0.25) is 0 Å². The van der Waals surface area contributed by atoms with Gasteiger partial charge in [-0.15, -0.1) is 0 Å². The molecule has 1 aliphatic rings. The Hall–Kier alpha value is -3.47. The first kappa shape index (κ1) is 18.9. The van der Waals surface area contributed by atoms with Crippen LogP contribution in [-0.2, 0) is 22.4 Å². The number of benzene rings is 2. The molecule has 29 heavy (non-hydrogen) atoms. The van der Waals surface area contributed by atoms with Crippen molar-refractivity contribution in [2.45, 2.75) is 26.7 Å². The van der Waals surface area contributed by atoms with Crippen LogP contribution < -0.4 is 5.56 Å². The molecule has 146 valence electrons.